The van der Waals surface area contributed by atoms with Gasteiger partial charge in [-0.1, -0.05) is 18.6 Å². The summed E-state index contributed by atoms with van der Waals surface area (Å²) in [7, 11) is 0.577. The number of anilines is 1. The van der Waals surface area contributed by atoms with Crippen LogP contribution in [0.25, 0.3) is 0 Å². The fraction of sp³-hybridized carbons (Fsp3) is 0.500. The lowest BCUT2D eigenvalue weighted by Gasteiger charge is -2.25. The normalized spacial score (nSPS) is 16.2. The van der Waals surface area contributed by atoms with E-state index in [9.17, 15) is 13.2 Å². The van der Waals surface area contributed by atoms with Gasteiger partial charge in [0.05, 0.1) is 6.42 Å². The fourth-order valence-corrected chi connectivity index (χ4v) is 6.67. The molecule has 1 unspecified atom stereocenters. The Morgan fingerprint density at radius 1 is 1.10 bits per heavy atom. The lowest BCUT2D eigenvalue weighted by molar-refractivity contribution is -0.120. The van der Waals surface area contributed by atoms with Crippen LogP contribution < -0.4 is 10.2 Å². The van der Waals surface area contributed by atoms with Crippen LogP contribution in [0.5, 0.6) is 0 Å². The first-order valence-electron chi connectivity index (χ1n) is 10.4. The summed E-state index contributed by atoms with van der Waals surface area (Å²) in [5.74, 6) is -0.0869. The van der Waals surface area contributed by atoms with E-state index in [0.717, 1.165) is 36.2 Å². The van der Waals surface area contributed by atoms with Crippen LogP contribution in [-0.4, -0.2) is 51.9 Å². The number of sulfonamides is 1. The van der Waals surface area contributed by atoms with Crippen LogP contribution in [0.4, 0.5) is 5.69 Å². The Hall–Kier alpha value is -1.90. The summed E-state index contributed by atoms with van der Waals surface area (Å²) >= 11 is 1.20. The van der Waals surface area contributed by atoms with Gasteiger partial charge >= 0.3 is 0 Å². The van der Waals surface area contributed by atoms with E-state index in [1.54, 1.807) is 16.4 Å². The van der Waals surface area contributed by atoms with Crippen molar-refractivity contribution in [3.63, 3.8) is 0 Å². The van der Waals surface area contributed by atoms with E-state index < -0.39 is 10.0 Å². The van der Waals surface area contributed by atoms with Crippen molar-refractivity contribution in [3.05, 3.63) is 46.8 Å². The summed E-state index contributed by atoms with van der Waals surface area (Å²) in [6.45, 7) is 3.16. The van der Waals surface area contributed by atoms with Gasteiger partial charge in [-0.25, -0.2) is 8.42 Å². The summed E-state index contributed by atoms with van der Waals surface area (Å²) in [4.78, 5) is 15.3. The summed E-state index contributed by atoms with van der Waals surface area (Å²) in [6.07, 6.45) is 3.85. The number of hydrogen-bond acceptors (Lipinski definition) is 5. The van der Waals surface area contributed by atoms with E-state index in [2.05, 4.69) is 34.5 Å². The molecule has 1 N–H and O–H groups in total. The minimum atomic E-state index is -3.43. The minimum Gasteiger partial charge on any atom is -0.378 e. The third-order valence-electron chi connectivity index (χ3n) is 5.28. The number of piperidine rings is 1. The maximum absolute atomic E-state index is 12.8. The number of benzene rings is 1. The van der Waals surface area contributed by atoms with E-state index in [1.807, 2.05) is 21.0 Å². The summed E-state index contributed by atoms with van der Waals surface area (Å²) in [5, 5.41) is 3.02. The van der Waals surface area contributed by atoms with Gasteiger partial charge in [0.1, 0.15) is 4.21 Å². The number of amides is 1. The summed E-state index contributed by atoms with van der Waals surface area (Å²) in [6, 6.07) is 11.7. The molecule has 0 spiro atoms. The molecule has 0 aliphatic carbocycles. The highest BCUT2D eigenvalue weighted by Crippen LogP contribution is 2.27. The van der Waals surface area contributed by atoms with Gasteiger partial charge in [0.2, 0.25) is 5.91 Å². The largest absolute Gasteiger partial charge is 0.378 e. The van der Waals surface area contributed by atoms with Gasteiger partial charge in [-0.3, -0.25) is 4.79 Å². The molecule has 1 amide bonds. The van der Waals surface area contributed by atoms with Crippen molar-refractivity contribution in [1.82, 2.24) is 9.62 Å². The number of nitrogens with zero attached hydrogens (tertiary/aromatic N) is 2. The molecule has 2 aromatic rings. The van der Waals surface area contributed by atoms with Crippen LogP contribution >= 0.6 is 11.3 Å². The number of carbonyl (C=O) groups excluding carboxylic acids is 1. The highest BCUT2D eigenvalue weighted by Gasteiger charge is 2.27. The highest BCUT2D eigenvalue weighted by molar-refractivity contribution is 7.91. The molecule has 164 valence electrons. The first-order chi connectivity index (χ1) is 14.3. The topological polar surface area (TPSA) is 69.7 Å². The molecule has 1 atom stereocenters. The van der Waals surface area contributed by atoms with Gasteiger partial charge in [-0.15, -0.1) is 11.3 Å². The van der Waals surface area contributed by atoms with Gasteiger partial charge < -0.3 is 10.2 Å². The van der Waals surface area contributed by atoms with Crippen molar-refractivity contribution in [2.45, 2.75) is 49.3 Å². The smallest absolute Gasteiger partial charge is 0.252 e. The van der Waals surface area contributed by atoms with Crippen LogP contribution in [-0.2, 0) is 27.7 Å². The van der Waals surface area contributed by atoms with Crippen LogP contribution in [0.1, 0.15) is 36.6 Å². The van der Waals surface area contributed by atoms with Gasteiger partial charge in [-0.2, -0.15) is 4.31 Å². The molecule has 2 heterocycles. The zero-order valence-electron chi connectivity index (χ0n) is 17.9. The molecule has 1 aromatic carbocycles. The van der Waals surface area contributed by atoms with Crippen molar-refractivity contribution in [2.24, 2.45) is 0 Å². The second kappa shape index (κ2) is 9.94. The Bertz CT molecular complexity index is 946. The van der Waals surface area contributed by atoms with Gasteiger partial charge in [-0.05, 0) is 56.0 Å². The van der Waals surface area contributed by atoms with Gasteiger partial charge in [0.25, 0.3) is 10.0 Å². The second-order valence-corrected chi connectivity index (χ2v) is 11.4. The van der Waals surface area contributed by atoms with Crippen LogP contribution in [0.3, 0.4) is 0 Å². The minimum absolute atomic E-state index is 0.000721. The number of nitrogens with one attached hydrogen (secondary N) is 1. The molecule has 1 aliphatic heterocycles. The van der Waals surface area contributed by atoms with Crippen molar-refractivity contribution in [3.8, 4) is 0 Å². The van der Waals surface area contributed by atoms with Crippen molar-refractivity contribution in [2.75, 3.05) is 32.1 Å². The summed E-state index contributed by atoms with van der Waals surface area (Å²) < 4.78 is 27.4. The van der Waals surface area contributed by atoms with Crippen molar-refractivity contribution in [1.29, 1.82) is 0 Å². The van der Waals surface area contributed by atoms with Gasteiger partial charge in [0, 0.05) is 43.8 Å². The Morgan fingerprint density at radius 2 is 1.77 bits per heavy atom. The molecule has 3 rings (SSSR count). The lowest BCUT2D eigenvalue weighted by Crippen LogP contribution is -2.35. The molecular weight excluding hydrogens is 418 g/mol. The number of thiophene rings is 1. The average molecular weight is 450 g/mol. The quantitative estimate of drug-likeness (QED) is 0.672. The molecule has 6 nitrogen and oxygen atoms in total. The molecule has 0 saturated carbocycles. The Labute approximate surface area is 183 Å². The van der Waals surface area contributed by atoms with E-state index in [0.29, 0.717) is 17.3 Å². The molecule has 0 bridgehead atoms. The molecule has 1 saturated heterocycles. The van der Waals surface area contributed by atoms with E-state index >= 15 is 0 Å². The fourth-order valence-electron chi connectivity index (χ4n) is 3.64. The van der Waals surface area contributed by atoms with Crippen LogP contribution in [0, 0.1) is 0 Å². The van der Waals surface area contributed by atoms with E-state index in [-0.39, 0.29) is 18.4 Å². The lowest BCUT2D eigenvalue weighted by atomic mass is 10.1. The third kappa shape index (κ3) is 5.83. The molecular formula is C22H31N3O3S2. The maximum Gasteiger partial charge on any atom is 0.252 e. The number of rotatable bonds is 8. The van der Waals surface area contributed by atoms with Crippen LogP contribution in [0.15, 0.2) is 40.6 Å². The Kier molecular flexibility index (Phi) is 7.55. The predicted molar refractivity (Wildman–Crippen MR) is 123 cm³/mol. The van der Waals surface area contributed by atoms with Crippen LogP contribution in [0.2, 0.25) is 0 Å². The SMILES string of the molecule is CC(Cc1ccc(N(C)C)cc1)NC(=O)Cc1ccc(S(=O)(=O)N2CCCCC2)s1. The van der Waals surface area contributed by atoms with Gasteiger partial charge in [0.15, 0.2) is 0 Å². The number of hydrogen-bond donors (Lipinski definition) is 1. The number of carbonyl (C=O) groups is 1. The summed E-state index contributed by atoms with van der Waals surface area (Å²) in [5.41, 5.74) is 2.31. The molecule has 1 fully saturated rings. The van der Waals surface area contributed by atoms with Crippen molar-refractivity contribution < 1.29 is 13.2 Å². The first kappa shape index (κ1) is 22.8. The van der Waals surface area contributed by atoms with E-state index in [4.69, 9.17) is 0 Å². The zero-order chi connectivity index (χ0) is 21.7. The molecule has 0 radical (unpaired) electrons. The zero-order valence-corrected chi connectivity index (χ0v) is 19.6. The predicted octanol–water partition coefficient (Wildman–Crippen LogP) is 3.28. The third-order valence-corrected chi connectivity index (χ3v) is 8.73. The standard InChI is InChI=1S/C22H31N3O3S2/c1-17(15-18-7-9-19(10-8-18)24(2)3)23-21(26)16-20-11-12-22(29-20)30(27,28)25-13-5-4-6-14-25/h7-12,17H,4-6,13-16H2,1-3H3,(H,23,26). The Morgan fingerprint density at radius 3 is 2.40 bits per heavy atom. The Balaban J connectivity index is 1.53. The molecule has 1 aliphatic rings. The molecule has 30 heavy (non-hydrogen) atoms. The van der Waals surface area contributed by atoms with Crippen molar-refractivity contribution >= 4 is 33.0 Å². The maximum atomic E-state index is 12.8. The monoisotopic (exact) mass is 449 g/mol. The molecule has 8 heteroatoms. The first-order valence-corrected chi connectivity index (χ1v) is 12.7. The highest BCUT2D eigenvalue weighted by atomic mass is 32.2. The average Bonchev–Trinajstić information content (AvgIpc) is 3.18. The molecule has 1 aromatic heterocycles. The second-order valence-electron chi connectivity index (χ2n) is 8.10. The van der Waals surface area contributed by atoms with E-state index in [1.165, 1.54) is 16.9 Å².